The number of nitrogens with zero attached hydrogens (tertiary/aromatic N) is 1. The first kappa shape index (κ1) is 14.1. The van der Waals surface area contributed by atoms with Crippen molar-refractivity contribution in [3.8, 4) is 0 Å². The fourth-order valence-corrected chi connectivity index (χ4v) is 1.33. The van der Waals surface area contributed by atoms with Crippen molar-refractivity contribution in [2.45, 2.75) is 26.4 Å². The van der Waals surface area contributed by atoms with Gasteiger partial charge in [-0.3, -0.25) is 5.32 Å². The van der Waals surface area contributed by atoms with E-state index in [4.69, 9.17) is 4.74 Å². The first-order valence-corrected chi connectivity index (χ1v) is 5.78. The number of aromatic nitrogens is 1. The van der Waals surface area contributed by atoms with Crippen LogP contribution < -0.4 is 5.32 Å². The number of nitrogens with one attached hydrogen (secondary N) is 1. The summed E-state index contributed by atoms with van der Waals surface area (Å²) < 4.78 is 31.1. The predicted octanol–water partition coefficient (Wildman–Crippen LogP) is 3.31. The molecule has 1 aromatic heterocycles. The van der Waals surface area contributed by atoms with Crippen molar-refractivity contribution in [3.05, 3.63) is 21.4 Å². The molecule has 1 N–H and O–H groups in total. The fourth-order valence-electron chi connectivity index (χ4n) is 0.931. The van der Waals surface area contributed by atoms with Crippen molar-refractivity contribution in [2.75, 3.05) is 5.32 Å². The molecule has 0 aliphatic carbocycles. The van der Waals surface area contributed by atoms with E-state index in [2.05, 4.69) is 10.3 Å². The second-order valence-corrected chi connectivity index (χ2v) is 5.29. The van der Waals surface area contributed by atoms with Gasteiger partial charge in [0, 0.05) is 0 Å². The van der Waals surface area contributed by atoms with Gasteiger partial charge < -0.3 is 4.74 Å². The topological polar surface area (TPSA) is 51.2 Å². The molecule has 0 unspecified atom stereocenters. The smallest absolute Gasteiger partial charge is 0.413 e. The molecule has 1 amide bonds. The molecule has 0 spiro atoms. The number of anilines is 1. The maximum absolute atomic E-state index is 13.5. The summed E-state index contributed by atoms with van der Waals surface area (Å²) in [7, 11) is 0. The molecule has 0 saturated heterocycles. The molecule has 1 rings (SSSR count). The normalized spacial score (nSPS) is 11.2. The Morgan fingerprint density at radius 3 is 2.59 bits per heavy atom. The standard InChI is InChI=1S/C10H11F2IN2O2/c1-10(2,3)17-9(16)15-8-6(12)7(13)5(11)4-14-8/h4H,1-3H3,(H,14,15,16). The lowest BCUT2D eigenvalue weighted by molar-refractivity contribution is 0.0634. The maximum Gasteiger partial charge on any atom is 0.413 e. The molecule has 1 heterocycles. The van der Waals surface area contributed by atoms with Gasteiger partial charge in [0.1, 0.15) is 5.60 Å². The largest absolute Gasteiger partial charge is 0.444 e. The van der Waals surface area contributed by atoms with Crippen molar-refractivity contribution in [3.63, 3.8) is 0 Å². The summed E-state index contributed by atoms with van der Waals surface area (Å²) in [6.45, 7) is 5.01. The van der Waals surface area contributed by atoms with Crippen LogP contribution in [0.2, 0.25) is 0 Å². The molecule has 94 valence electrons. The quantitative estimate of drug-likeness (QED) is 0.786. The van der Waals surface area contributed by atoms with E-state index in [1.807, 2.05) is 0 Å². The van der Waals surface area contributed by atoms with E-state index in [1.54, 1.807) is 20.8 Å². The molecular weight excluding hydrogens is 345 g/mol. The van der Waals surface area contributed by atoms with Gasteiger partial charge in [0.2, 0.25) is 0 Å². The zero-order valence-corrected chi connectivity index (χ0v) is 11.6. The van der Waals surface area contributed by atoms with Crippen LogP contribution in [0.3, 0.4) is 0 Å². The Morgan fingerprint density at radius 2 is 2.06 bits per heavy atom. The lowest BCUT2D eigenvalue weighted by Crippen LogP contribution is -2.28. The maximum atomic E-state index is 13.5. The highest BCUT2D eigenvalue weighted by Crippen LogP contribution is 2.20. The molecule has 17 heavy (non-hydrogen) atoms. The highest BCUT2D eigenvalue weighted by atomic mass is 127. The molecule has 0 atom stereocenters. The summed E-state index contributed by atoms with van der Waals surface area (Å²) in [4.78, 5) is 14.8. The average Bonchev–Trinajstić information content (AvgIpc) is 2.16. The van der Waals surface area contributed by atoms with Gasteiger partial charge in [-0.25, -0.2) is 18.6 Å². The molecule has 0 aliphatic heterocycles. The molecular formula is C10H11F2IN2O2. The van der Waals surface area contributed by atoms with Crippen molar-refractivity contribution in [2.24, 2.45) is 0 Å². The summed E-state index contributed by atoms with van der Waals surface area (Å²) in [6, 6.07) is 0. The number of hydrogen-bond acceptors (Lipinski definition) is 3. The number of rotatable bonds is 1. The zero-order chi connectivity index (χ0) is 13.2. The molecule has 0 saturated carbocycles. The zero-order valence-electron chi connectivity index (χ0n) is 9.47. The number of amides is 1. The van der Waals surface area contributed by atoms with Crippen LogP contribution in [0.1, 0.15) is 20.8 Å². The van der Waals surface area contributed by atoms with Gasteiger partial charge in [-0.1, -0.05) is 0 Å². The molecule has 0 fully saturated rings. The summed E-state index contributed by atoms with van der Waals surface area (Å²) in [5.41, 5.74) is -0.701. The Morgan fingerprint density at radius 1 is 1.47 bits per heavy atom. The third-order valence-corrected chi connectivity index (χ3v) is 2.53. The highest BCUT2D eigenvalue weighted by molar-refractivity contribution is 14.1. The number of halogens is 3. The number of pyridine rings is 1. The van der Waals surface area contributed by atoms with Gasteiger partial charge in [0.25, 0.3) is 0 Å². The van der Waals surface area contributed by atoms with E-state index in [1.165, 1.54) is 22.6 Å². The minimum atomic E-state index is -0.920. The SMILES string of the molecule is CC(C)(C)OC(=O)Nc1ncc(F)c(I)c1F. The third kappa shape index (κ3) is 4.06. The Balaban J connectivity index is 2.83. The first-order chi connectivity index (χ1) is 7.70. The summed E-state index contributed by atoms with van der Waals surface area (Å²) in [6.07, 6.45) is -0.0105. The Hall–Kier alpha value is -0.990. The lowest BCUT2D eigenvalue weighted by Gasteiger charge is -2.19. The van der Waals surface area contributed by atoms with E-state index < -0.39 is 23.3 Å². The van der Waals surface area contributed by atoms with Gasteiger partial charge in [-0.2, -0.15) is 0 Å². The fraction of sp³-hybridized carbons (Fsp3) is 0.400. The van der Waals surface area contributed by atoms with E-state index in [9.17, 15) is 13.6 Å². The third-order valence-electron chi connectivity index (χ3n) is 1.54. The van der Waals surface area contributed by atoms with Crippen LogP contribution in [0, 0.1) is 15.2 Å². The molecule has 0 radical (unpaired) electrons. The van der Waals surface area contributed by atoms with Crippen LogP contribution >= 0.6 is 22.6 Å². The van der Waals surface area contributed by atoms with Crippen molar-refractivity contribution < 1.29 is 18.3 Å². The molecule has 0 aromatic carbocycles. The number of hydrogen-bond donors (Lipinski definition) is 1. The highest BCUT2D eigenvalue weighted by Gasteiger charge is 2.19. The van der Waals surface area contributed by atoms with Crippen LogP contribution in [0.15, 0.2) is 6.20 Å². The summed E-state index contributed by atoms with van der Waals surface area (Å²) in [5.74, 6) is -2.06. The summed E-state index contributed by atoms with van der Waals surface area (Å²) >= 11 is 1.49. The van der Waals surface area contributed by atoms with Gasteiger partial charge in [0.15, 0.2) is 17.5 Å². The Bertz CT molecular complexity index is 447. The first-order valence-electron chi connectivity index (χ1n) is 4.70. The molecule has 0 bridgehead atoms. The van der Waals surface area contributed by atoms with E-state index >= 15 is 0 Å². The second-order valence-electron chi connectivity index (χ2n) is 4.21. The Labute approximate surface area is 111 Å². The molecule has 1 aromatic rings. The summed E-state index contributed by atoms with van der Waals surface area (Å²) in [5, 5.41) is 2.12. The van der Waals surface area contributed by atoms with Crippen LogP contribution in [-0.2, 0) is 4.74 Å². The minimum absolute atomic E-state index is 0.233. The lowest BCUT2D eigenvalue weighted by atomic mass is 10.2. The molecule has 0 aliphatic rings. The van der Waals surface area contributed by atoms with Crippen molar-refractivity contribution in [1.29, 1.82) is 0 Å². The van der Waals surface area contributed by atoms with Crippen LogP contribution in [0.4, 0.5) is 19.4 Å². The molecule has 7 heteroatoms. The number of carbonyl (C=O) groups is 1. The van der Waals surface area contributed by atoms with Crippen molar-refractivity contribution in [1.82, 2.24) is 4.98 Å². The van der Waals surface area contributed by atoms with E-state index in [-0.39, 0.29) is 9.39 Å². The van der Waals surface area contributed by atoms with Crippen molar-refractivity contribution >= 4 is 34.5 Å². The van der Waals surface area contributed by atoms with E-state index in [0.29, 0.717) is 0 Å². The van der Waals surface area contributed by atoms with Gasteiger partial charge in [-0.15, -0.1) is 0 Å². The van der Waals surface area contributed by atoms with Gasteiger partial charge in [0.05, 0.1) is 9.77 Å². The monoisotopic (exact) mass is 356 g/mol. The number of carbonyl (C=O) groups excluding carboxylic acids is 1. The van der Waals surface area contributed by atoms with E-state index in [0.717, 1.165) is 6.20 Å². The average molecular weight is 356 g/mol. The predicted molar refractivity (Wildman–Crippen MR) is 66.7 cm³/mol. The minimum Gasteiger partial charge on any atom is -0.444 e. The van der Waals surface area contributed by atoms with Gasteiger partial charge >= 0.3 is 6.09 Å². The van der Waals surface area contributed by atoms with Crippen LogP contribution in [0.5, 0.6) is 0 Å². The number of ether oxygens (including phenoxy) is 1. The van der Waals surface area contributed by atoms with Crippen LogP contribution in [-0.4, -0.2) is 16.7 Å². The Kier molecular flexibility index (Phi) is 4.23. The van der Waals surface area contributed by atoms with Gasteiger partial charge in [-0.05, 0) is 43.4 Å². The van der Waals surface area contributed by atoms with Crippen LogP contribution in [0.25, 0.3) is 0 Å². The molecule has 4 nitrogen and oxygen atoms in total. The second kappa shape index (κ2) is 5.11.